The molecule has 1 aromatic heterocycles. The van der Waals surface area contributed by atoms with Gasteiger partial charge in [-0.1, -0.05) is 35.1 Å². The van der Waals surface area contributed by atoms with Crippen molar-refractivity contribution >= 4 is 40.2 Å². The van der Waals surface area contributed by atoms with Crippen LogP contribution in [0.2, 0.25) is 4.47 Å². The van der Waals surface area contributed by atoms with Crippen LogP contribution < -0.4 is 10.6 Å². The smallest absolute Gasteiger partial charge is 0.292 e. The lowest BCUT2D eigenvalue weighted by Gasteiger charge is -2.08. The van der Waals surface area contributed by atoms with E-state index in [1.165, 1.54) is 6.07 Å². The minimum absolute atomic E-state index is 0.00101. The van der Waals surface area contributed by atoms with Crippen molar-refractivity contribution in [2.24, 2.45) is 0 Å². The first-order chi connectivity index (χ1) is 10.5. The molecular weight excluding hydrogens is 328 g/mol. The predicted octanol–water partition coefficient (Wildman–Crippen LogP) is 2.86. The van der Waals surface area contributed by atoms with E-state index >= 15 is 0 Å². The minimum Gasteiger partial charge on any atom is -0.378 e. The van der Waals surface area contributed by atoms with Crippen LogP contribution in [0.15, 0.2) is 24.3 Å². The van der Waals surface area contributed by atoms with Crippen molar-refractivity contribution in [2.75, 3.05) is 18.4 Å². The van der Waals surface area contributed by atoms with E-state index in [2.05, 4.69) is 15.6 Å². The molecule has 0 aliphatic heterocycles. The Bertz CT molecular complexity index is 704. The Kier molecular flexibility index (Phi) is 5.29. The van der Waals surface area contributed by atoms with Crippen molar-refractivity contribution < 1.29 is 9.72 Å². The van der Waals surface area contributed by atoms with Crippen LogP contribution in [0.25, 0.3) is 0 Å². The lowest BCUT2D eigenvalue weighted by molar-refractivity contribution is -0.384. The zero-order valence-corrected chi connectivity index (χ0v) is 13.2. The van der Waals surface area contributed by atoms with E-state index in [1.54, 1.807) is 25.1 Å². The predicted molar refractivity (Wildman–Crippen MR) is 85.8 cm³/mol. The van der Waals surface area contributed by atoms with Crippen molar-refractivity contribution in [2.45, 2.75) is 6.92 Å². The Morgan fingerprint density at radius 2 is 2.14 bits per heavy atom. The summed E-state index contributed by atoms with van der Waals surface area (Å²) in [6.07, 6.45) is 0. The Labute approximate surface area is 135 Å². The van der Waals surface area contributed by atoms with Crippen LogP contribution in [0.4, 0.5) is 11.4 Å². The van der Waals surface area contributed by atoms with E-state index in [4.69, 9.17) is 11.6 Å². The molecule has 0 fully saturated rings. The van der Waals surface area contributed by atoms with Gasteiger partial charge >= 0.3 is 0 Å². The third-order valence-corrected chi connectivity index (χ3v) is 4.06. The van der Waals surface area contributed by atoms with Crippen molar-refractivity contribution in [3.05, 3.63) is 49.4 Å². The largest absolute Gasteiger partial charge is 0.378 e. The Morgan fingerprint density at radius 1 is 1.41 bits per heavy atom. The van der Waals surface area contributed by atoms with Gasteiger partial charge in [-0.05, 0) is 13.0 Å². The van der Waals surface area contributed by atoms with Gasteiger partial charge in [0.25, 0.3) is 11.6 Å². The second-order valence-electron chi connectivity index (χ2n) is 4.34. The third kappa shape index (κ3) is 3.92. The quantitative estimate of drug-likeness (QED) is 0.478. The van der Waals surface area contributed by atoms with E-state index in [0.717, 1.165) is 11.3 Å². The molecule has 2 rings (SSSR count). The SMILES string of the molecule is Cc1nc(Cl)sc1C(=O)NCCNc1ccccc1[N+](=O)[O-]. The number of thiazole rings is 1. The highest BCUT2D eigenvalue weighted by molar-refractivity contribution is 7.17. The lowest BCUT2D eigenvalue weighted by Crippen LogP contribution is -2.28. The molecule has 0 aliphatic rings. The number of amides is 1. The number of anilines is 1. The second kappa shape index (κ2) is 7.19. The maximum atomic E-state index is 11.9. The van der Waals surface area contributed by atoms with Crippen LogP contribution in [0.3, 0.4) is 0 Å². The molecule has 1 heterocycles. The molecule has 1 aromatic carbocycles. The first-order valence-corrected chi connectivity index (χ1v) is 7.57. The van der Waals surface area contributed by atoms with Crippen LogP contribution in [-0.2, 0) is 0 Å². The fraction of sp³-hybridized carbons (Fsp3) is 0.231. The number of nitro benzene ring substituents is 1. The molecule has 0 saturated heterocycles. The zero-order chi connectivity index (χ0) is 16.1. The van der Waals surface area contributed by atoms with E-state index in [0.29, 0.717) is 33.8 Å². The van der Waals surface area contributed by atoms with Gasteiger partial charge in [-0.15, -0.1) is 0 Å². The van der Waals surface area contributed by atoms with Gasteiger partial charge < -0.3 is 10.6 Å². The number of para-hydroxylation sites is 2. The lowest BCUT2D eigenvalue weighted by atomic mass is 10.2. The molecule has 0 saturated carbocycles. The Morgan fingerprint density at radius 3 is 2.77 bits per heavy atom. The number of nitrogens with one attached hydrogen (secondary N) is 2. The highest BCUT2D eigenvalue weighted by atomic mass is 35.5. The number of halogens is 1. The van der Waals surface area contributed by atoms with Gasteiger partial charge in [-0.2, -0.15) is 0 Å². The molecule has 22 heavy (non-hydrogen) atoms. The number of carbonyl (C=O) groups is 1. The maximum absolute atomic E-state index is 11.9. The molecular formula is C13H13ClN4O3S. The minimum atomic E-state index is -0.455. The molecule has 2 aromatic rings. The van der Waals surface area contributed by atoms with E-state index in [-0.39, 0.29) is 11.6 Å². The van der Waals surface area contributed by atoms with Gasteiger partial charge in [0.1, 0.15) is 10.6 Å². The standard InChI is InChI=1S/C13H13ClN4O3S/c1-8-11(22-13(14)17-8)12(19)16-7-6-15-9-4-2-3-5-10(9)18(20)21/h2-5,15H,6-7H2,1H3,(H,16,19). The van der Waals surface area contributed by atoms with E-state index < -0.39 is 4.92 Å². The third-order valence-electron chi connectivity index (χ3n) is 2.80. The van der Waals surface area contributed by atoms with Gasteiger partial charge in [-0.25, -0.2) is 4.98 Å². The van der Waals surface area contributed by atoms with Crippen LogP contribution in [0.1, 0.15) is 15.4 Å². The zero-order valence-electron chi connectivity index (χ0n) is 11.6. The van der Waals surface area contributed by atoms with Gasteiger partial charge in [0.15, 0.2) is 4.47 Å². The number of hydrogen-bond donors (Lipinski definition) is 2. The second-order valence-corrected chi connectivity index (χ2v) is 5.92. The number of hydrogen-bond acceptors (Lipinski definition) is 6. The summed E-state index contributed by atoms with van der Waals surface area (Å²) < 4.78 is 0.320. The highest BCUT2D eigenvalue weighted by Gasteiger charge is 2.14. The van der Waals surface area contributed by atoms with Crippen molar-refractivity contribution in [1.82, 2.24) is 10.3 Å². The average Bonchev–Trinajstić information content (AvgIpc) is 2.82. The Hall–Kier alpha value is -2.19. The number of nitrogens with zero attached hydrogens (tertiary/aromatic N) is 2. The summed E-state index contributed by atoms with van der Waals surface area (Å²) in [4.78, 5) is 26.8. The van der Waals surface area contributed by atoms with Gasteiger partial charge in [0.2, 0.25) is 0 Å². The number of aryl methyl sites for hydroxylation is 1. The van der Waals surface area contributed by atoms with Crippen LogP contribution in [-0.4, -0.2) is 28.9 Å². The van der Waals surface area contributed by atoms with Crippen molar-refractivity contribution in [3.63, 3.8) is 0 Å². The van der Waals surface area contributed by atoms with E-state index in [9.17, 15) is 14.9 Å². The Balaban J connectivity index is 1.86. The first-order valence-electron chi connectivity index (χ1n) is 6.37. The summed E-state index contributed by atoms with van der Waals surface area (Å²) >= 11 is 6.87. The van der Waals surface area contributed by atoms with Gasteiger partial charge in [0.05, 0.1) is 10.6 Å². The average molecular weight is 341 g/mol. The van der Waals surface area contributed by atoms with E-state index in [1.807, 2.05) is 0 Å². The molecule has 116 valence electrons. The summed E-state index contributed by atoms with van der Waals surface area (Å²) in [6.45, 7) is 2.39. The molecule has 0 atom stereocenters. The molecule has 2 N–H and O–H groups in total. The van der Waals surface area contributed by atoms with Crippen molar-refractivity contribution in [3.8, 4) is 0 Å². The molecule has 1 amide bonds. The topological polar surface area (TPSA) is 97.2 Å². The van der Waals surface area contributed by atoms with Crippen molar-refractivity contribution in [1.29, 1.82) is 0 Å². The van der Waals surface area contributed by atoms with Gasteiger partial charge in [0, 0.05) is 19.2 Å². The summed E-state index contributed by atoms with van der Waals surface area (Å²) in [7, 11) is 0. The van der Waals surface area contributed by atoms with Crippen LogP contribution in [0.5, 0.6) is 0 Å². The number of carbonyl (C=O) groups excluding carboxylic acids is 1. The fourth-order valence-electron chi connectivity index (χ4n) is 1.81. The monoisotopic (exact) mass is 340 g/mol. The number of benzene rings is 1. The molecule has 0 spiro atoms. The molecule has 0 unspecified atom stereocenters. The number of nitro groups is 1. The highest BCUT2D eigenvalue weighted by Crippen LogP contribution is 2.23. The summed E-state index contributed by atoms with van der Waals surface area (Å²) in [6, 6.07) is 6.34. The maximum Gasteiger partial charge on any atom is 0.292 e. The van der Waals surface area contributed by atoms with Crippen LogP contribution in [0, 0.1) is 17.0 Å². The fourth-order valence-corrected chi connectivity index (χ4v) is 2.88. The number of rotatable bonds is 6. The number of aromatic nitrogens is 1. The normalized spacial score (nSPS) is 10.3. The first kappa shape index (κ1) is 16.2. The summed E-state index contributed by atoms with van der Waals surface area (Å²) in [5.74, 6) is -0.258. The van der Waals surface area contributed by atoms with Gasteiger partial charge in [-0.3, -0.25) is 14.9 Å². The van der Waals surface area contributed by atoms with Crippen LogP contribution >= 0.6 is 22.9 Å². The molecule has 9 heteroatoms. The molecule has 0 aliphatic carbocycles. The molecule has 0 bridgehead atoms. The molecule has 7 nitrogen and oxygen atoms in total. The summed E-state index contributed by atoms with van der Waals surface area (Å²) in [5, 5.41) is 16.5. The molecule has 0 radical (unpaired) electrons. The summed E-state index contributed by atoms with van der Waals surface area (Å²) in [5.41, 5.74) is 0.997.